The van der Waals surface area contributed by atoms with Gasteiger partial charge in [0.2, 0.25) is 0 Å². The Labute approximate surface area is 124 Å². The minimum absolute atomic E-state index is 0.0115. The zero-order valence-corrected chi connectivity index (χ0v) is 14.8. The van der Waals surface area contributed by atoms with Crippen molar-refractivity contribution in [1.29, 1.82) is 0 Å². The number of aliphatic hydroxyl groups is 1. The first-order chi connectivity index (χ1) is 8.94. The van der Waals surface area contributed by atoms with Gasteiger partial charge in [0.1, 0.15) is 0 Å². The van der Waals surface area contributed by atoms with E-state index in [9.17, 15) is 5.11 Å². The topological polar surface area (TPSA) is 38.7 Å². The molecule has 0 amide bonds. The summed E-state index contributed by atoms with van der Waals surface area (Å²) in [6.45, 7) is 20.6. The highest BCUT2D eigenvalue weighted by Gasteiger charge is 2.61. The molecule has 0 heterocycles. The third kappa shape index (κ3) is 3.18. The van der Waals surface area contributed by atoms with Crippen molar-refractivity contribution < 1.29 is 14.0 Å². The summed E-state index contributed by atoms with van der Waals surface area (Å²) in [5.74, 6) is 0. The van der Waals surface area contributed by atoms with E-state index in [1.807, 2.05) is 0 Å². The van der Waals surface area contributed by atoms with Crippen molar-refractivity contribution in [3.63, 3.8) is 0 Å². The molecular formula is C16H30O3Si. The van der Waals surface area contributed by atoms with Crippen molar-refractivity contribution in [3.05, 3.63) is 25.0 Å². The minimum atomic E-state index is -2.59. The number of hydrogen-bond acceptors (Lipinski definition) is 3. The Kier molecular flexibility index (Phi) is 4.94. The van der Waals surface area contributed by atoms with Crippen LogP contribution in [-0.4, -0.2) is 25.9 Å². The lowest BCUT2D eigenvalue weighted by Gasteiger charge is -2.49. The number of aliphatic hydroxyl groups excluding tert-OH is 1. The molecular weight excluding hydrogens is 268 g/mol. The maximum Gasteiger partial charge on any atom is 0.409 e. The van der Waals surface area contributed by atoms with Crippen LogP contribution in [0.4, 0.5) is 0 Å². The van der Waals surface area contributed by atoms with Gasteiger partial charge in [-0.05, 0) is 12.0 Å². The molecule has 116 valence electrons. The van der Waals surface area contributed by atoms with Crippen molar-refractivity contribution in [2.24, 2.45) is 0 Å². The van der Waals surface area contributed by atoms with Crippen LogP contribution in [-0.2, 0) is 8.85 Å². The lowest BCUT2D eigenvalue weighted by Crippen LogP contribution is -2.57. The molecule has 0 aliphatic heterocycles. The van der Waals surface area contributed by atoms with Crippen molar-refractivity contribution in [2.75, 3.05) is 0 Å². The second kappa shape index (κ2) is 5.66. The Balaban J connectivity index is 3.11. The van der Waals surface area contributed by atoms with Crippen molar-refractivity contribution in [2.45, 2.75) is 76.7 Å². The van der Waals surface area contributed by atoms with E-state index >= 15 is 0 Å². The molecule has 0 aromatic heterocycles. The van der Waals surface area contributed by atoms with Crippen LogP contribution in [0.2, 0.25) is 10.1 Å². The van der Waals surface area contributed by atoms with Gasteiger partial charge < -0.3 is 14.0 Å². The lowest BCUT2D eigenvalue weighted by atomic mass is 10.2. The number of rotatable bonds is 4. The van der Waals surface area contributed by atoms with E-state index in [1.165, 1.54) is 6.26 Å². The summed E-state index contributed by atoms with van der Waals surface area (Å²) in [5.41, 5.74) is 0.860. The molecule has 1 rings (SSSR count). The van der Waals surface area contributed by atoms with Crippen LogP contribution in [0.5, 0.6) is 0 Å². The third-order valence-electron chi connectivity index (χ3n) is 4.00. The Hall–Kier alpha value is -0.583. The normalized spacial score (nSPS) is 24.9. The lowest BCUT2D eigenvalue weighted by molar-refractivity contribution is 0.0950. The molecule has 1 N–H and O–H groups in total. The average molecular weight is 298 g/mol. The molecule has 1 fully saturated rings. The van der Waals surface area contributed by atoms with Gasteiger partial charge in [0.15, 0.2) is 0 Å². The Morgan fingerprint density at radius 2 is 1.70 bits per heavy atom. The van der Waals surface area contributed by atoms with Gasteiger partial charge in [-0.2, -0.15) is 0 Å². The first-order valence-corrected chi connectivity index (χ1v) is 9.08. The van der Waals surface area contributed by atoms with E-state index in [-0.39, 0.29) is 16.2 Å². The summed E-state index contributed by atoms with van der Waals surface area (Å²) in [6, 6.07) is 0. The van der Waals surface area contributed by atoms with Crippen LogP contribution in [0, 0.1) is 0 Å². The molecule has 1 aliphatic rings. The smallest absolute Gasteiger partial charge is 0.409 e. The van der Waals surface area contributed by atoms with Crippen molar-refractivity contribution in [1.82, 2.24) is 0 Å². The van der Waals surface area contributed by atoms with E-state index in [0.717, 1.165) is 5.57 Å². The second-order valence-electron chi connectivity index (χ2n) is 7.75. The van der Waals surface area contributed by atoms with Crippen LogP contribution in [0.1, 0.15) is 54.4 Å². The highest BCUT2D eigenvalue weighted by molar-refractivity contribution is 6.73. The quantitative estimate of drug-likeness (QED) is 0.478. The molecule has 0 aromatic rings. The molecule has 0 saturated heterocycles. The molecule has 0 spiro atoms. The second-order valence-corrected chi connectivity index (χ2v) is 12.5. The van der Waals surface area contributed by atoms with Gasteiger partial charge in [-0.1, -0.05) is 54.7 Å². The molecule has 0 aromatic carbocycles. The zero-order chi connectivity index (χ0) is 15.8. The molecule has 2 unspecified atom stereocenters. The van der Waals surface area contributed by atoms with Gasteiger partial charge in [0, 0.05) is 16.5 Å². The fourth-order valence-electron chi connectivity index (χ4n) is 3.23. The summed E-state index contributed by atoms with van der Waals surface area (Å²) >= 11 is 0. The monoisotopic (exact) mass is 298 g/mol. The maximum atomic E-state index is 9.88. The zero-order valence-electron chi connectivity index (χ0n) is 13.8. The van der Waals surface area contributed by atoms with Gasteiger partial charge in [-0.15, -0.1) is 0 Å². The van der Waals surface area contributed by atoms with Crippen molar-refractivity contribution >= 4 is 8.56 Å². The average Bonchev–Trinajstić information content (AvgIpc) is 2.54. The predicted octanol–water partition coefficient (Wildman–Crippen LogP) is 4.29. The highest BCUT2D eigenvalue weighted by atomic mass is 28.4. The SMILES string of the molecule is C=CO[Si](OC1CC(=C)C(O)C1)(C(C)(C)C)C(C)(C)C. The Bertz CT molecular complexity index is 362. The van der Waals surface area contributed by atoms with Gasteiger partial charge >= 0.3 is 8.56 Å². The molecule has 1 aliphatic carbocycles. The fourth-order valence-corrected chi connectivity index (χ4v) is 7.83. The molecule has 20 heavy (non-hydrogen) atoms. The largest absolute Gasteiger partial charge is 0.527 e. The van der Waals surface area contributed by atoms with Gasteiger partial charge in [0.05, 0.1) is 18.5 Å². The molecule has 2 atom stereocenters. The van der Waals surface area contributed by atoms with E-state index in [4.69, 9.17) is 8.85 Å². The minimum Gasteiger partial charge on any atom is -0.527 e. The number of hydrogen-bond donors (Lipinski definition) is 1. The summed E-state index contributed by atoms with van der Waals surface area (Å²) < 4.78 is 12.6. The van der Waals surface area contributed by atoms with Gasteiger partial charge in [0.25, 0.3) is 0 Å². The van der Waals surface area contributed by atoms with E-state index in [2.05, 4.69) is 54.7 Å². The first kappa shape index (κ1) is 17.5. The maximum absolute atomic E-state index is 9.88. The van der Waals surface area contributed by atoms with Crippen molar-refractivity contribution in [3.8, 4) is 0 Å². The van der Waals surface area contributed by atoms with Gasteiger partial charge in [-0.3, -0.25) is 0 Å². The standard InChI is InChI=1S/C16H30O3Si/c1-9-18-20(15(3,4)5,16(6,7)8)19-13-10-12(2)14(17)11-13/h9,13-14,17H,1-2,10-11H2,3-8H3. The summed E-state index contributed by atoms with van der Waals surface area (Å²) in [6.07, 6.45) is 2.38. The molecule has 0 bridgehead atoms. The Morgan fingerprint density at radius 1 is 1.20 bits per heavy atom. The third-order valence-corrected chi connectivity index (χ3v) is 9.12. The van der Waals surface area contributed by atoms with E-state index in [0.29, 0.717) is 12.8 Å². The summed E-state index contributed by atoms with van der Waals surface area (Å²) in [5, 5.41) is 9.67. The molecule has 4 heteroatoms. The van der Waals surface area contributed by atoms with Crippen LogP contribution >= 0.6 is 0 Å². The van der Waals surface area contributed by atoms with Crippen LogP contribution in [0.15, 0.2) is 25.0 Å². The molecule has 3 nitrogen and oxygen atoms in total. The predicted molar refractivity (Wildman–Crippen MR) is 85.7 cm³/mol. The fraction of sp³-hybridized carbons (Fsp3) is 0.750. The van der Waals surface area contributed by atoms with Crippen LogP contribution in [0.3, 0.4) is 0 Å². The van der Waals surface area contributed by atoms with E-state index < -0.39 is 14.7 Å². The van der Waals surface area contributed by atoms with Crippen LogP contribution in [0.25, 0.3) is 0 Å². The summed E-state index contributed by atoms with van der Waals surface area (Å²) in [4.78, 5) is 0. The van der Waals surface area contributed by atoms with Gasteiger partial charge in [-0.25, -0.2) is 0 Å². The van der Waals surface area contributed by atoms with E-state index in [1.54, 1.807) is 0 Å². The van der Waals surface area contributed by atoms with Crippen LogP contribution < -0.4 is 0 Å². The summed E-state index contributed by atoms with van der Waals surface area (Å²) in [7, 11) is -2.59. The molecule has 1 saturated carbocycles. The molecule has 0 radical (unpaired) electrons. The Morgan fingerprint density at radius 3 is 2.00 bits per heavy atom. The first-order valence-electron chi connectivity index (χ1n) is 7.27. The highest BCUT2D eigenvalue weighted by Crippen LogP contribution is 2.53.